The van der Waals surface area contributed by atoms with Crippen LogP contribution in [0.5, 0.6) is 0 Å². The number of ketones is 1. The highest BCUT2D eigenvalue weighted by molar-refractivity contribution is 6.00. The molecule has 1 aliphatic heterocycles. The number of benzene rings is 1. The molecule has 6 heteroatoms. The maximum Gasteiger partial charge on any atom is 0.205 e. The van der Waals surface area contributed by atoms with Gasteiger partial charge in [-0.3, -0.25) is 4.79 Å². The van der Waals surface area contributed by atoms with Crippen molar-refractivity contribution in [3.05, 3.63) is 52.6 Å². The second kappa shape index (κ2) is 6.81. The molecule has 0 saturated heterocycles. The lowest BCUT2D eigenvalue weighted by Crippen LogP contribution is -2.33. The van der Waals surface area contributed by atoms with Crippen LogP contribution in [0.4, 0.5) is 5.69 Å². The molecule has 1 heterocycles. The third-order valence-electron chi connectivity index (χ3n) is 5.05. The van der Waals surface area contributed by atoms with Gasteiger partial charge in [-0.05, 0) is 23.1 Å². The van der Waals surface area contributed by atoms with Gasteiger partial charge in [-0.15, -0.1) is 0 Å². The number of allylic oxidation sites excluding steroid dienone is 3. The van der Waals surface area contributed by atoms with Crippen LogP contribution in [0.3, 0.4) is 0 Å². The summed E-state index contributed by atoms with van der Waals surface area (Å²) in [6.45, 7) is 4.31. The highest BCUT2D eigenvalue weighted by Crippen LogP contribution is 2.47. The summed E-state index contributed by atoms with van der Waals surface area (Å²) >= 11 is 0. The summed E-state index contributed by atoms with van der Waals surface area (Å²) in [5, 5.41) is 18.5. The van der Waals surface area contributed by atoms with Gasteiger partial charge in [0.25, 0.3) is 0 Å². The quantitative estimate of drug-likeness (QED) is 0.829. The van der Waals surface area contributed by atoms with Crippen LogP contribution in [0.1, 0.15) is 38.2 Å². The molecule has 0 radical (unpaired) electrons. The Morgan fingerprint density at radius 3 is 2.52 bits per heavy atom. The van der Waals surface area contributed by atoms with Crippen LogP contribution in [0, 0.1) is 28.1 Å². The van der Waals surface area contributed by atoms with Crippen LogP contribution in [0.2, 0.25) is 0 Å². The van der Waals surface area contributed by atoms with Crippen LogP contribution in [0.15, 0.2) is 47.1 Å². The molecule has 1 aromatic carbocycles. The van der Waals surface area contributed by atoms with Crippen molar-refractivity contribution >= 4 is 11.5 Å². The maximum absolute atomic E-state index is 12.9. The summed E-state index contributed by atoms with van der Waals surface area (Å²) in [7, 11) is 1.83. The molecule has 0 saturated carbocycles. The SMILES string of the molecule is CN(CC#N)c1ccc([C@H]2C(C#N)=C(N)OC3=C2C(=O)CC(C)(C)C3)cc1. The standard InChI is InChI=1S/C21H22N4O2/c1-21(2)10-16(26)19-17(11-21)27-20(24)15(12-23)18(19)13-4-6-14(7-5-13)25(3)9-8-22/h4-7,18H,9-11,24H2,1-3H3/t18-/m0/s1. The fourth-order valence-electron chi connectivity index (χ4n) is 3.74. The van der Waals surface area contributed by atoms with Crippen molar-refractivity contribution in [3.8, 4) is 12.1 Å². The van der Waals surface area contributed by atoms with E-state index in [2.05, 4.69) is 12.1 Å². The van der Waals surface area contributed by atoms with Crippen molar-refractivity contribution in [2.24, 2.45) is 11.1 Å². The van der Waals surface area contributed by atoms with Gasteiger partial charge >= 0.3 is 0 Å². The fraction of sp³-hybridized carbons (Fsp3) is 0.381. The Labute approximate surface area is 159 Å². The number of ether oxygens (including phenoxy) is 1. The van der Waals surface area contributed by atoms with E-state index in [1.807, 2.05) is 50.1 Å². The summed E-state index contributed by atoms with van der Waals surface area (Å²) in [5.41, 5.74) is 8.32. The first-order valence-electron chi connectivity index (χ1n) is 8.79. The molecule has 1 atom stereocenters. The van der Waals surface area contributed by atoms with Crippen molar-refractivity contribution in [2.45, 2.75) is 32.6 Å². The Balaban J connectivity index is 2.06. The number of carbonyl (C=O) groups excluding carboxylic acids is 1. The van der Waals surface area contributed by atoms with Gasteiger partial charge in [-0.2, -0.15) is 10.5 Å². The van der Waals surface area contributed by atoms with Crippen molar-refractivity contribution in [2.75, 3.05) is 18.5 Å². The van der Waals surface area contributed by atoms with Crippen LogP contribution in [0.25, 0.3) is 0 Å². The highest BCUT2D eigenvalue weighted by atomic mass is 16.5. The Morgan fingerprint density at radius 2 is 1.93 bits per heavy atom. The first kappa shape index (κ1) is 18.5. The molecule has 27 heavy (non-hydrogen) atoms. The van der Waals surface area contributed by atoms with Gasteiger partial charge in [0.05, 0.1) is 12.0 Å². The van der Waals surface area contributed by atoms with Gasteiger partial charge < -0.3 is 15.4 Å². The van der Waals surface area contributed by atoms with Gasteiger partial charge in [-0.25, -0.2) is 0 Å². The number of rotatable bonds is 3. The number of hydrogen-bond acceptors (Lipinski definition) is 6. The van der Waals surface area contributed by atoms with E-state index < -0.39 is 5.92 Å². The van der Waals surface area contributed by atoms with Gasteiger partial charge in [0, 0.05) is 31.1 Å². The minimum absolute atomic E-state index is 0.00262. The maximum atomic E-state index is 12.9. The first-order valence-corrected chi connectivity index (χ1v) is 8.79. The predicted octanol–water partition coefficient (Wildman–Crippen LogP) is 3.10. The second-order valence-corrected chi connectivity index (χ2v) is 7.81. The van der Waals surface area contributed by atoms with E-state index in [4.69, 9.17) is 15.7 Å². The highest BCUT2D eigenvalue weighted by Gasteiger charge is 2.42. The molecule has 2 N–H and O–H groups in total. The average molecular weight is 362 g/mol. The Kier molecular flexibility index (Phi) is 4.68. The number of hydrogen-bond donors (Lipinski definition) is 1. The van der Waals surface area contributed by atoms with E-state index in [0.29, 0.717) is 24.2 Å². The van der Waals surface area contributed by atoms with E-state index in [9.17, 15) is 10.1 Å². The number of nitriles is 2. The van der Waals surface area contributed by atoms with E-state index >= 15 is 0 Å². The predicted molar refractivity (Wildman–Crippen MR) is 101 cm³/mol. The molecular formula is C21H22N4O2. The lowest BCUT2D eigenvalue weighted by atomic mass is 9.70. The molecule has 2 aliphatic rings. The normalized spacial score (nSPS) is 21.1. The monoisotopic (exact) mass is 362 g/mol. The van der Waals surface area contributed by atoms with Crippen molar-refractivity contribution in [3.63, 3.8) is 0 Å². The third-order valence-corrected chi connectivity index (χ3v) is 5.05. The van der Waals surface area contributed by atoms with Crippen LogP contribution in [-0.2, 0) is 9.53 Å². The molecule has 138 valence electrons. The zero-order valence-corrected chi connectivity index (χ0v) is 15.7. The third kappa shape index (κ3) is 3.39. The van der Waals surface area contributed by atoms with Crippen LogP contribution in [-0.4, -0.2) is 19.4 Å². The van der Waals surface area contributed by atoms with Gasteiger partial charge in [0.2, 0.25) is 5.88 Å². The largest absolute Gasteiger partial charge is 0.444 e. The van der Waals surface area contributed by atoms with E-state index in [1.54, 1.807) is 0 Å². The lowest BCUT2D eigenvalue weighted by Gasteiger charge is -2.37. The van der Waals surface area contributed by atoms with Crippen LogP contribution >= 0.6 is 0 Å². The number of anilines is 1. The molecule has 0 bridgehead atoms. The van der Waals surface area contributed by atoms with E-state index in [0.717, 1.165) is 11.3 Å². The Bertz CT molecular complexity index is 926. The minimum Gasteiger partial charge on any atom is -0.444 e. The number of carbonyl (C=O) groups is 1. The molecule has 0 aromatic heterocycles. The summed E-state index contributed by atoms with van der Waals surface area (Å²) in [4.78, 5) is 14.7. The summed E-state index contributed by atoms with van der Waals surface area (Å²) in [6, 6.07) is 11.7. The first-order chi connectivity index (χ1) is 12.8. The molecule has 6 nitrogen and oxygen atoms in total. The lowest BCUT2D eigenvalue weighted by molar-refractivity contribution is -0.119. The smallest absolute Gasteiger partial charge is 0.205 e. The Hall–Kier alpha value is -3.25. The summed E-state index contributed by atoms with van der Waals surface area (Å²) in [6.07, 6.45) is 1.01. The van der Waals surface area contributed by atoms with Crippen molar-refractivity contribution in [1.29, 1.82) is 10.5 Å². The molecule has 1 aliphatic carbocycles. The van der Waals surface area contributed by atoms with E-state index in [1.165, 1.54) is 0 Å². The minimum atomic E-state index is -0.516. The number of nitrogens with zero attached hydrogens (tertiary/aromatic N) is 3. The Morgan fingerprint density at radius 1 is 1.26 bits per heavy atom. The zero-order chi connectivity index (χ0) is 19.8. The summed E-state index contributed by atoms with van der Waals surface area (Å²) in [5.74, 6) is 0.121. The molecule has 0 unspecified atom stereocenters. The number of nitrogens with two attached hydrogens (primary N) is 1. The second-order valence-electron chi connectivity index (χ2n) is 7.81. The summed E-state index contributed by atoms with van der Waals surface area (Å²) < 4.78 is 5.69. The van der Waals surface area contributed by atoms with E-state index in [-0.39, 0.29) is 29.2 Å². The van der Waals surface area contributed by atoms with Crippen LogP contribution < -0.4 is 10.6 Å². The molecule has 0 amide bonds. The van der Waals surface area contributed by atoms with Gasteiger partial charge in [-0.1, -0.05) is 26.0 Å². The molecule has 0 fully saturated rings. The van der Waals surface area contributed by atoms with Crippen molar-refractivity contribution < 1.29 is 9.53 Å². The zero-order valence-electron chi connectivity index (χ0n) is 15.7. The topological polar surface area (TPSA) is 103 Å². The molecule has 1 aromatic rings. The average Bonchev–Trinajstić information content (AvgIpc) is 2.59. The molecular weight excluding hydrogens is 340 g/mol. The van der Waals surface area contributed by atoms with Gasteiger partial charge in [0.15, 0.2) is 5.78 Å². The van der Waals surface area contributed by atoms with Crippen molar-refractivity contribution in [1.82, 2.24) is 0 Å². The fourth-order valence-corrected chi connectivity index (χ4v) is 3.74. The number of Topliss-reactive ketones (excluding diaryl/α,β-unsaturated/α-hetero) is 1. The van der Waals surface area contributed by atoms with Gasteiger partial charge in [0.1, 0.15) is 23.9 Å². The molecule has 3 rings (SSSR count). The molecule has 0 spiro atoms.